The number of benzene rings is 1. The topological polar surface area (TPSA) is 48.7 Å². The zero-order valence-corrected chi connectivity index (χ0v) is 9.91. The van der Waals surface area contributed by atoms with Gasteiger partial charge in [-0.15, -0.1) is 0 Å². The summed E-state index contributed by atoms with van der Waals surface area (Å²) in [6.07, 6.45) is 0. The second-order valence-corrected chi connectivity index (χ2v) is 4.23. The summed E-state index contributed by atoms with van der Waals surface area (Å²) in [6, 6.07) is 3.00. The standard InChI is InChI=1S/C11H6F3N3S/c1-5-7(4-15)11(18-17-5)16-10-8(13)2-6(12)3-9(10)14/h2-3,16H,1H3. The minimum Gasteiger partial charge on any atom is -0.340 e. The lowest BCUT2D eigenvalue weighted by atomic mass is 10.2. The number of rotatable bonds is 2. The SMILES string of the molecule is Cc1nsc(Nc2c(F)cc(F)cc2F)c1C#N. The van der Waals surface area contributed by atoms with E-state index in [9.17, 15) is 13.2 Å². The van der Waals surface area contributed by atoms with E-state index in [0.717, 1.165) is 11.5 Å². The van der Waals surface area contributed by atoms with Crippen LogP contribution in [0.5, 0.6) is 0 Å². The second kappa shape index (κ2) is 4.66. The van der Waals surface area contributed by atoms with Gasteiger partial charge in [-0.1, -0.05) is 0 Å². The maximum absolute atomic E-state index is 13.4. The highest BCUT2D eigenvalue weighted by atomic mass is 32.1. The molecule has 0 unspecified atom stereocenters. The van der Waals surface area contributed by atoms with Crippen molar-refractivity contribution in [2.24, 2.45) is 0 Å². The summed E-state index contributed by atoms with van der Waals surface area (Å²) < 4.78 is 43.4. The molecule has 0 radical (unpaired) electrons. The van der Waals surface area contributed by atoms with E-state index in [-0.39, 0.29) is 10.6 Å². The van der Waals surface area contributed by atoms with Crippen LogP contribution in [0.1, 0.15) is 11.3 Å². The molecule has 0 atom stereocenters. The van der Waals surface area contributed by atoms with Crippen LogP contribution in [0.25, 0.3) is 0 Å². The predicted molar refractivity (Wildman–Crippen MR) is 61.2 cm³/mol. The molecule has 0 spiro atoms. The minimum atomic E-state index is -1.07. The molecular formula is C11H6F3N3S. The molecule has 0 fully saturated rings. The second-order valence-electron chi connectivity index (χ2n) is 3.45. The van der Waals surface area contributed by atoms with Crippen molar-refractivity contribution in [3.8, 4) is 6.07 Å². The summed E-state index contributed by atoms with van der Waals surface area (Å²) in [6.45, 7) is 1.61. The zero-order valence-electron chi connectivity index (χ0n) is 9.09. The lowest BCUT2D eigenvalue weighted by Gasteiger charge is -2.06. The van der Waals surface area contributed by atoms with Gasteiger partial charge in [-0.3, -0.25) is 0 Å². The molecule has 0 aliphatic carbocycles. The molecule has 0 saturated carbocycles. The van der Waals surface area contributed by atoms with Crippen LogP contribution in [0.4, 0.5) is 23.9 Å². The maximum atomic E-state index is 13.4. The predicted octanol–water partition coefficient (Wildman–Crippen LogP) is 3.48. The molecule has 3 nitrogen and oxygen atoms in total. The van der Waals surface area contributed by atoms with Gasteiger partial charge in [0.05, 0.1) is 5.69 Å². The van der Waals surface area contributed by atoms with E-state index < -0.39 is 23.1 Å². The fraction of sp³-hybridized carbons (Fsp3) is 0.0909. The van der Waals surface area contributed by atoms with E-state index in [1.807, 2.05) is 6.07 Å². The summed E-state index contributed by atoms with van der Waals surface area (Å²) in [5.74, 6) is -3.14. The number of nitrogens with zero attached hydrogens (tertiary/aromatic N) is 2. The summed E-state index contributed by atoms with van der Waals surface area (Å²) in [5, 5.41) is 11.5. The van der Waals surface area contributed by atoms with Crippen molar-refractivity contribution in [1.82, 2.24) is 4.37 Å². The number of nitrogens with one attached hydrogen (secondary N) is 1. The van der Waals surface area contributed by atoms with Gasteiger partial charge in [0.2, 0.25) is 0 Å². The third-order valence-corrected chi connectivity index (χ3v) is 3.07. The highest BCUT2D eigenvalue weighted by molar-refractivity contribution is 7.10. The van der Waals surface area contributed by atoms with E-state index >= 15 is 0 Å². The Morgan fingerprint density at radius 1 is 1.28 bits per heavy atom. The number of hydrogen-bond donors (Lipinski definition) is 1. The van der Waals surface area contributed by atoms with Crippen LogP contribution >= 0.6 is 11.5 Å². The lowest BCUT2D eigenvalue weighted by Crippen LogP contribution is -1.98. The van der Waals surface area contributed by atoms with E-state index in [1.54, 1.807) is 6.92 Å². The Morgan fingerprint density at radius 3 is 2.44 bits per heavy atom. The van der Waals surface area contributed by atoms with Crippen molar-refractivity contribution in [1.29, 1.82) is 5.26 Å². The van der Waals surface area contributed by atoms with Crippen LogP contribution in [0.15, 0.2) is 12.1 Å². The van der Waals surface area contributed by atoms with Gasteiger partial charge >= 0.3 is 0 Å². The molecule has 2 rings (SSSR count). The van der Waals surface area contributed by atoms with Gasteiger partial charge in [0.1, 0.15) is 28.1 Å². The quantitative estimate of drug-likeness (QED) is 0.907. The number of aromatic nitrogens is 1. The molecule has 1 heterocycles. The first-order chi connectivity index (χ1) is 8.52. The Labute approximate surface area is 105 Å². The van der Waals surface area contributed by atoms with Crippen molar-refractivity contribution < 1.29 is 13.2 Å². The molecule has 0 aliphatic rings. The Hall–Kier alpha value is -2.07. The van der Waals surface area contributed by atoms with Crippen LogP contribution in [0.3, 0.4) is 0 Å². The molecule has 18 heavy (non-hydrogen) atoms. The van der Waals surface area contributed by atoms with Crippen molar-refractivity contribution in [3.05, 3.63) is 40.8 Å². The largest absolute Gasteiger partial charge is 0.340 e. The van der Waals surface area contributed by atoms with E-state index in [0.29, 0.717) is 17.8 Å². The molecule has 7 heteroatoms. The normalized spacial score (nSPS) is 10.2. The van der Waals surface area contributed by atoms with Gasteiger partial charge in [0.25, 0.3) is 0 Å². The minimum absolute atomic E-state index is 0.211. The zero-order chi connectivity index (χ0) is 13.3. The first kappa shape index (κ1) is 12.4. The Balaban J connectivity index is 2.44. The van der Waals surface area contributed by atoms with Crippen molar-refractivity contribution in [2.45, 2.75) is 6.92 Å². The van der Waals surface area contributed by atoms with Crippen molar-refractivity contribution in [2.75, 3.05) is 5.32 Å². The fourth-order valence-corrected chi connectivity index (χ4v) is 2.11. The summed E-state index contributed by atoms with van der Waals surface area (Å²) in [7, 11) is 0. The Bertz CT molecular complexity index is 622. The average Bonchev–Trinajstić information content (AvgIpc) is 2.64. The van der Waals surface area contributed by atoms with Crippen LogP contribution in [-0.2, 0) is 0 Å². The monoisotopic (exact) mass is 269 g/mol. The smallest absolute Gasteiger partial charge is 0.152 e. The average molecular weight is 269 g/mol. The summed E-state index contributed by atoms with van der Waals surface area (Å²) in [4.78, 5) is 0. The van der Waals surface area contributed by atoms with Gasteiger partial charge in [-0.25, -0.2) is 13.2 Å². The highest BCUT2D eigenvalue weighted by Crippen LogP contribution is 2.30. The molecule has 1 aromatic heterocycles. The first-order valence-electron chi connectivity index (χ1n) is 4.81. The molecule has 0 aliphatic heterocycles. The maximum Gasteiger partial charge on any atom is 0.152 e. The van der Waals surface area contributed by atoms with E-state index in [4.69, 9.17) is 5.26 Å². The van der Waals surface area contributed by atoms with Crippen LogP contribution < -0.4 is 5.32 Å². The number of halogens is 3. The summed E-state index contributed by atoms with van der Waals surface area (Å²) >= 11 is 0.906. The van der Waals surface area contributed by atoms with Crippen molar-refractivity contribution >= 4 is 22.2 Å². The Morgan fingerprint density at radius 2 is 1.89 bits per heavy atom. The van der Waals surface area contributed by atoms with Crippen LogP contribution in [-0.4, -0.2) is 4.37 Å². The van der Waals surface area contributed by atoms with Gasteiger partial charge in [-0.05, 0) is 18.5 Å². The Kier molecular flexibility index (Phi) is 3.21. The van der Waals surface area contributed by atoms with Gasteiger partial charge in [0.15, 0.2) is 11.6 Å². The van der Waals surface area contributed by atoms with Gasteiger partial charge in [0, 0.05) is 12.1 Å². The van der Waals surface area contributed by atoms with Crippen molar-refractivity contribution in [3.63, 3.8) is 0 Å². The lowest BCUT2D eigenvalue weighted by molar-refractivity contribution is 0.549. The third-order valence-electron chi connectivity index (χ3n) is 2.22. The molecular weight excluding hydrogens is 263 g/mol. The van der Waals surface area contributed by atoms with Gasteiger partial charge in [-0.2, -0.15) is 9.64 Å². The van der Waals surface area contributed by atoms with E-state index in [1.165, 1.54) is 0 Å². The number of hydrogen-bond acceptors (Lipinski definition) is 4. The molecule has 0 saturated heterocycles. The molecule has 0 bridgehead atoms. The molecule has 1 aromatic carbocycles. The van der Waals surface area contributed by atoms with Crippen LogP contribution in [0.2, 0.25) is 0 Å². The first-order valence-corrected chi connectivity index (χ1v) is 5.58. The highest BCUT2D eigenvalue weighted by Gasteiger charge is 2.16. The molecule has 0 amide bonds. The third kappa shape index (κ3) is 2.15. The van der Waals surface area contributed by atoms with Gasteiger partial charge < -0.3 is 5.32 Å². The number of anilines is 2. The molecule has 92 valence electrons. The molecule has 1 N–H and O–H groups in total. The molecule has 2 aromatic rings. The number of aryl methyl sites for hydroxylation is 1. The van der Waals surface area contributed by atoms with E-state index in [2.05, 4.69) is 9.69 Å². The van der Waals surface area contributed by atoms with Crippen LogP contribution in [0, 0.1) is 35.7 Å². The fourth-order valence-electron chi connectivity index (χ4n) is 1.36. The summed E-state index contributed by atoms with van der Waals surface area (Å²) in [5.41, 5.74) is 0.174. The number of nitriles is 1.